The minimum atomic E-state index is -4.74. The maximum atomic E-state index is 12.3. The van der Waals surface area contributed by atoms with Gasteiger partial charge >= 0.3 is 19.8 Å². The van der Waals surface area contributed by atoms with Gasteiger partial charge in [0.15, 0.2) is 6.10 Å². The van der Waals surface area contributed by atoms with Crippen molar-refractivity contribution in [2.75, 3.05) is 13.2 Å². The molecule has 8 nitrogen and oxygen atoms in total. The number of carbonyl (C=O) groups is 2. The molecule has 0 aromatic heterocycles. The van der Waals surface area contributed by atoms with Crippen LogP contribution in [0, 0.1) is 0 Å². The van der Waals surface area contributed by atoms with Crippen LogP contribution in [0.1, 0.15) is 187 Å². The molecule has 0 fully saturated rings. The van der Waals surface area contributed by atoms with E-state index in [4.69, 9.17) is 19.3 Å². The predicted molar refractivity (Wildman–Crippen MR) is 184 cm³/mol. The van der Waals surface area contributed by atoms with Crippen molar-refractivity contribution in [3.05, 3.63) is 12.2 Å². The maximum absolute atomic E-state index is 12.3. The zero-order valence-electron chi connectivity index (χ0n) is 29.0. The molecule has 0 aromatic carbocycles. The number of rotatable bonds is 34. The first-order valence-electron chi connectivity index (χ1n) is 18.5. The molecule has 0 aliphatic heterocycles. The molecule has 0 aromatic rings. The quantitative estimate of drug-likeness (QED) is 0.0303. The highest BCUT2D eigenvalue weighted by Crippen LogP contribution is 2.36. The van der Waals surface area contributed by atoms with Crippen molar-refractivity contribution in [1.82, 2.24) is 0 Å². The Kier molecular flexibility index (Phi) is 31.8. The average Bonchev–Trinajstić information content (AvgIpc) is 3.00. The van der Waals surface area contributed by atoms with Crippen LogP contribution in [0.4, 0.5) is 0 Å². The molecule has 0 saturated heterocycles. The Morgan fingerprint density at radius 2 is 0.933 bits per heavy atom. The Labute approximate surface area is 276 Å². The minimum absolute atomic E-state index is 0.206. The van der Waals surface area contributed by atoms with Gasteiger partial charge in [0.25, 0.3) is 0 Å². The zero-order valence-corrected chi connectivity index (χ0v) is 29.9. The van der Waals surface area contributed by atoms with Gasteiger partial charge in [0, 0.05) is 12.8 Å². The highest BCUT2D eigenvalue weighted by Gasteiger charge is 2.22. The summed E-state index contributed by atoms with van der Waals surface area (Å²) in [7, 11) is -4.74. The van der Waals surface area contributed by atoms with Gasteiger partial charge in [-0.15, -0.1) is 0 Å². The lowest BCUT2D eigenvalue weighted by atomic mass is 10.0. The van der Waals surface area contributed by atoms with E-state index in [1.165, 1.54) is 103 Å². The van der Waals surface area contributed by atoms with Gasteiger partial charge in [0.05, 0.1) is 6.61 Å². The molecular formula is C36H69O8P. The van der Waals surface area contributed by atoms with Crippen LogP contribution >= 0.6 is 7.82 Å². The fourth-order valence-electron chi connectivity index (χ4n) is 5.25. The summed E-state index contributed by atoms with van der Waals surface area (Å²) in [4.78, 5) is 42.6. The van der Waals surface area contributed by atoms with Gasteiger partial charge in [-0.25, -0.2) is 4.57 Å². The molecule has 0 rings (SSSR count). The first kappa shape index (κ1) is 43.8. The summed E-state index contributed by atoms with van der Waals surface area (Å²) in [5.74, 6) is -0.888. The molecule has 0 radical (unpaired) electrons. The monoisotopic (exact) mass is 660 g/mol. The SMILES string of the molecule is CCCCCCCC/C=C/CCCCCCCC(=O)O[C@@H](COC(=O)CCCCCCCCCCCCCC)COP(=O)(O)O. The van der Waals surface area contributed by atoms with E-state index in [1.54, 1.807) is 0 Å². The molecule has 0 spiro atoms. The summed E-state index contributed by atoms with van der Waals surface area (Å²) < 4.78 is 26.3. The van der Waals surface area contributed by atoms with Crippen molar-refractivity contribution in [3.63, 3.8) is 0 Å². The van der Waals surface area contributed by atoms with Gasteiger partial charge < -0.3 is 19.3 Å². The Hall–Kier alpha value is -1.21. The van der Waals surface area contributed by atoms with Crippen molar-refractivity contribution in [3.8, 4) is 0 Å². The molecule has 0 aliphatic rings. The largest absolute Gasteiger partial charge is 0.469 e. The maximum Gasteiger partial charge on any atom is 0.469 e. The minimum Gasteiger partial charge on any atom is -0.462 e. The van der Waals surface area contributed by atoms with E-state index in [2.05, 4.69) is 30.5 Å². The van der Waals surface area contributed by atoms with E-state index in [1.807, 2.05) is 0 Å². The number of carbonyl (C=O) groups excluding carboxylic acids is 2. The van der Waals surface area contributed by atoms with E-state index >= 15 is 0 Å². The normalized spacial score (nSPS) is 12.5. The lowest BCUT2D eigenvalue weighted by Gasteiger charge is -2.18. The lowest BCUT2D eigenvalue weighted by Crippen LogP contribution is -2.29. The number of phosphoric acid groups is 1. The van der Waals surface area contributed by atoms with Crippen LogP contribution < -0.4 is 0 Å². The van der Waals surface area contributed by atoms with Crippen molar-refractivity contribution < 1.29 is 37.9 Å². The van der Waals surface area contributed by atoms with Crippen LogP contribution in [-0.2, 0) is 28.2 Å². The fraction of sp³-hybridized carbons (Fsp3) is 0.889. The van der Waals surface area contributed by atoms with Gasteiger partial charge in [-0.05, 0) is 38.5 Å². The number of phosphoric ester groups is 1. The number of esters is 2. The van der Waals surface area contributed by atoms with Gasteiger partial charge in [0.1, 0.15) is 6.61 Å². The van der Waals surface area contributed by atoms with E-state index in [0.29, 0.717) is 6.42 Å². The molecule has 0 unspecified atom stereocenters. The molecule has 0 heterocycles. The Morgan fingerprint density at radius 3 is 1.36 bits per heavy atom. The highest BCUT2D eigenvalue weighted by atomic mass is 31.2. The van der Waals surface area contributed by atoms with Gasteiger partial charge in [-0.2, -0.15) is 0 Å². The van der Waals surface area contributed by atoms with Crippen molar-refractivity contribution in [2.24, 2.45) is 0 Å². The second-order valence-electron chi connectivity index (χ2n) is 12.6. The molecule has 0 saturated carbocycles. The van der Waals surface area contributed by atoms with E-state index < -0.39 is 32.5 Å². The second-order valence-corrected chi connectivity index (χ2v) is 13.8. The van der Waals surface area contributed by atoms with E-state index in [-0.39, 0.29) is 19.4 Å². The van der Waals surface area contributed by atoms with Gasteiger partial charge in [-0.1, -0.05) is 148 Å². The van der Waals surface area contributed by atoms with Crippen molar-refractivity contribution in [2.45, 2.75) is 193 Å². The smallest absolute Gasteiger partial charge is 0.462 e. The van der Waals surface area contributed by atoms with E-state index in [0.717, 1.165) is 51.4 Å². The first-order chi connectivity index (χ1) is 21.8. The van der Waals surface area contributed by atoms with Crippen LogP contribution in [0.25, 0.3) is 0 Å². The summed E-state index contributed by atoms with van der Waals surface area (Å²) in [5, 5.41) is 0. The summed E-state index contributed by atoms with van der Waals surface area (Å²) in [6.45, 7) is 3.66. The fourth-order valence-corrected chi connectivity index (χ4v) is 5.61. The third-order valence-corrected chi connectivity index (χ3v) is 8.52. The molecule has 0 aliphatic carbocycles. The van der Waals surface area contributed by atoms with Crippen molar-refractivity contribution in [1.29, 1.82) is 0 Å². The van der Waals surface area contributed by atoms with Crippen LogP contribution in [0.2, 0.25) is 0 Å². The number of hydrogen-bond donors (Lipinski definition) is 2. The molecule has 45 heavy (non-hydrogen) atoms. The molecule has 0 amide bonds. The zero-order chi connectivity index (χ0) is 33.3. The van der Waals surface area contributed by atoms with Crippen molar-refractivity contribution >= 4 is 19.8 Å². The third-order valence-electron chi connectivity index (χ3n) is 8.03. The number of ether oxygens (including phenoxy) is 2. The first-order valence-corrected chi connectivity index (χ1v) is 20.0. The molecule has 1 atom stereocenters. The van der Waals surface area contributed by atoms with Crippen LogP contribution in [0.15, 0.2) is 12.2 Å². The highest BCUT2D eigenvalue weighted by molar-refractivity contribution is 7.46. The van der Waals surface area contributed by atoms with Crippen LogP contribution in [0.3, 0.4) is 0 Å². The Balaban J connectivity index is 3.97. The Morgan fingerprint density at radius 1 is 0.556 bits per heavy atom. The molecule has 0 bridgehead atoms. The summed E-state index contributed by atoms with van der Waals surface area (Å²) in [6.07, 6.45) is 33.6. The third kappa shape index (κ3) is 35.5. The van der Waals surface area contributed by atoms with Crippen LogP contribution in [-0.4, -0.2) is 41.0 Å². The standard InChI is InChI=1S/C36H69O8P/c1-3-5-7-9-11-13-15-17-18-19-21-23-25-27-29-31-36(38)44-34(33-43-45(39,40)41)32-42-35(37)30-28-26-24-22-20-16-14-12-10-8-6-4-2/h17-18,34H,3-16,19-33H2,1-2H3,(H2,39,40,41)/b18-17+/t34-/m0/s1. The number of allylic oxidation sites excluding steroid dienone is 2. The molecule has 9 heteroatoms. The van der Waals surface area contributed by atoms with Gasteiger partial charge in [0.2, 0.25) is 0 Å². The second kappa shape index (κ2) is 32.7. The van der Waals surface area contributed by atoms with Gasteiger partial charge in [-0.3, -0.25) is 14.1 Å². The lowest BCUT2D eigenvalue weighted by molar-refractivity contribution is -0.161. The summed E-state index contributed by atoms with van der Waals surface area (Å²) >= 11 is 0. The Bertz CT molecular complexity index is 751. The predicted octanol–water partition coefficient (Wildman–Crippen LogP) is 10.7. The average molecular weight is 661 g/mol. The number of hydrogen-bond acceptors (Lipinski definition) is 6. The summed E-state index contributed by atoms with van der Waals surface area (Å²) in [6, 6.07) is 0. The molecule has 2 N–H and O–H groups in total. The summed E-state index contributed by atoms with van der Waals surface area (Å²) in [5.41, 5.74) is 0. The number of unbranched alkanes of at least 4 members (excludes halogenated alkanes) is 22. The van der Waals surface area contributed by atoms with E-state index in [9.17, 15) is 14.2 Å². The molecule has 266 valence electrons. The van der Waals surface area contributed by atoms with Crippen LogP contribution in [0.5, 0.6) is 0 Å². The molecular weight excluding hydrogens is 591 g/mol. The topological polar surface area (TPSA) is 119 Å².